The maximum atomic E-state index is 5.16. The molecule has 0 unspecified atom stereocenters. The number of benzene rings is 9. The van der Waals surface area contributed by atoms with Gasteiger partial charge >= 0.3 is 0 Å². The van der Waals surface area contributed by atoms with Crippen molar-refractivity contribution >= 4 is 57.2 Å². The van der Waals surface area contributed by atoms with Gasteiger partial charge in [0.25, 0.3) is 0 Å². The number of allylic oxidation sites excluding steroid dienone is 1. The number of aliphatic imine (C=N–C) groups is 3. The van der Waals surface area contributed by atoms with E-state index in [4.69, 9.17) is 9.98 Å². The van der Waals surface area contributed by atoms with E-state index >= 15 is 0 Å². The summed E-state index contributed by atoms with van der Waals surface area (Å²) < 4.78 is 4.87. The zero-order chi connectivity index (χ0) is 46.1. The lowest BCUT2D eigenvalue weighted by Gasteiger charge is -2.13. The molecule has 328 valence electrons. The highest BCUT2D eigenvalue weighted by atomic mass is 15.0. The van der Waals surface area contributed by atoms with Gasteiger partial charge in [0.05, 0.1) is 23.1 Å². The summed E-state index contributed by atoms with van der Waals surface area (Å²) in [5.74, 6) is 1.11. The molecule has 1 aliphatic rings. The average Bonchev–Trinajstić information content (AvgIpc) is 3.95. The van der Waals surface area contributed by atoms with Gasteiger partial charge in [0.1, 0.15) is 0 Å². The molecule has 9 aromatic carbocycles. The number of amidine groups is 2. The van der Waals surface area contributed by atoms with Gasteiger partial charge in [-0.2, -0.15) is 0 Å². The van der Waals surface area contributed by atoms with E-state index in [1.807, 2.05) is 36.4 Å². The van der Waals surface area contributed by atoms with Crippen LogP contribution in [0.25, 0.3) is 83.5 Å². The highest BCUT2D eigenvalue weighted by Gasteiger charge is 2.22. The molecule has 69 heavy (non-hydrogen) atoms. The summed E-state index contributed by atoms with van der Waals surface area (Å²) in [5, 5.41) is 3.72. The Kier molecular flexibility index (Phi) is 10.9. The van der Waals surface area contributed by atoms with E-state index in [2.05, 4.69) is 221 Å². The van der Waals surface area contributed by atoms with Crippen LogP contribution in [0, 0.1) is 0 Å². The van der Waals surface area contributed by atoms with Crippen molar-refractivity contribution in [1.82, 2.24) is 9.13 Å². The van der Waals surface area contributed by atoms with Crippen LogP contribution in [-0.4, -0.2) is 27.5 Å². The fourth-order valence-electron chi connectivity index (χ4n) is 10.1. The average molecular weight is 886 g/mol. The van der Waals surface area contributed by atoms with E-state index in [1.54, 1.807) is 0 Å². The van der Waals surface area contributed by atoms with Gasteiger partial charge < -0.3 is 9.13 Å². The lowest BCUT2D eigenvalue weighted by atomic mass is 9.95. The first kappa shape index (κ1) is 41.5. The second-order valence-corrected chi connectivity index (χ2v) is 17.5. The second kappa shape index (κ2) is 18.0. The number of rotatable bonds is 9. The van der Waals surface area contributed by atoms with Gasteiger partial charge in [-0.15, -0.1) is 0 Å². The third-order valence-corrected chi connectivity index (χ3v) is 13.4. The Morgan fingerprint density at radius 3 is 1.87 bits per heavy atom. The van der Waals surface area contributed by atoms with Crippen LogP contribution in [0.4, 0.5) is 0 Å². The molecule has 0 radical (unpaired) electrons. The summed E-state index contributed by atoms with van der Waals surface area (Å²) in [4.78, 5) is 14.6. The van der Waals surface area contributed by atoms with Crippen molar-refractivity contribution in [3.8, 4) is 44.8 Å². The predicted molar refractivity (Wildman–Crippen MR) is 290 cm³/mol. The Morgan fingerprint density at radius 1 is 0.464 bits per heavy atom. The Morgan fingerprint density at radius 2 is 1.07 bits per heavy atom. The lowest BCUT2D eigenvalue weighted by Crippen LogP contribution is -2.05. The SMILES string of the molecule is C=N/C(=N\C(=N/Cc1ccc(-c2ccccc2)cc1)c1cccc(-c2ccc3c4ccccc4n(-c4ccc(-c5cccc6c5c5c(n6-c6ccccc6)CCC=C5)cc4)c3c2)c1)c1ccccc1. The third-order valence-electron chi connectivity index (χ3n) is 13.4. The van der Waals surface area contributed by atoms with Crippen LogP contribution in [0.2, 0.25) is 0 Å². The normalized spacial score (nSPS) is 12.8. The number of hydrogen-bond donors (Lipinski definition) is 0. The first-order valence-corrected chi connectivity index (χ1v) is 23.6. The minimum Gasteiger partial charge on any atom is -0.313 e. The molecule has 2 heterocycles. The van der Waals surface area contributed by atoms with Gasteiger partial charge in [-0.3, -0.25) is 4.99 Å². The van der Waals surface area contributed by atoms with E-state index < -0.39 is 0 Å². The van der Waals surface area contributed by atoms with Crippen molar-refractivity contribution in [2.75, 3.05) is 0 Å². The van der Waals surface area contributed by atoms with E-state index in [9.17, 15) is 0 Å². The van der Waals surface area contributed by atoms with E-state index in [0.29, 0.717) is 18.2 Å². The second-order valence-electron chi connectivity index (χ2n) is 17.5. The molecule has 0 spiro atoms. The number of hydrogen-bond acceptors (Lipinski definition) is 1. The zero-order valence-electron chi connectivity index (χ0n) is 38.1. The van der Waals surface area contributed by atoms with Gasteiger partial charge in [-0.25, -0.2) is 9.98 Å². The first-order valence-electron chi connectivity index (χ1n) is 23.6. The van der Waals surface area contributed by atoms with Crippen molar-refractivity contribution in [2.24, 2.45) is 15.0 Å². The van der Waals surface area contributed by atoms with Gasteiger partial charge in [0.15, 0.2) is 11.7 Å². The van der Waals surface area contributed by atoms with Gasteiger partial charge in [-0.05, 0) is 107 Å². The van der Waals surface area contributed by atoms with Crippen molar-refractivity contribution < 1.29 is 0 Å². The Hall–Kier alpha value is -8.93. The van der Waals surface area contributed by atoms with Crippen LogP contribution in [-0.2, 0) is 13.0 Å². The molecule has 0 N–H and O–H groups in total. The van der Waals surface area contributed by atoms with Gasteiger partial charge in [0.2, 0.25) is 0 Å². The van der Waals surface area contributed by atoms with E-state index in [1.165, 1.54) is 66.4 Å². The van der Waals surface area contributed by atoms with Crippen molar-refractivity contribution in [3.63, 3.8) is 0 Å². The largest absolute Gasteiger partial charge is 0.313 e. The minimum absolute atomic E-state index is 0.455. The summed E-state index contributed by atoms with van der Waals surface area (Å²) in [5.41, 5.74) is 18.4. The van der Waals surface area contributed by atoms with Gasteiger partial charge in [-0.1, -0.05) is 188 Å². The molecule has 2 aromatic heterocycles. The molecule has 0 atom stereocenters. The van der Waals surface area contributed by atoms with E-state index in [0.717, 1.165) is 51.9 Å². The molecule has 5 heteroatoms. The maximum absolute atomic E-state index is 5.16. The molecular weight excluding hydrogens is 839 g/mol. The molecule has 0 saturated heterocycles. The molecule has 0 fully saturated rings. The number of fused-ring (bicyclic) bond motifs is 6. The predicted octanol–water partition coefficient (Wildman–Crippen LogP) is 15.8. The Bertz CT molecular complexity index is 3780. The third kappa shape index (κ3) is 7.80. The molecule has 0 saturated carbocycles. The quantitative estimate of drug-likeness (QED) is 0.102. The smallest absolute Gasteiger partial charge is 0.161 e. The summed E-state index contributed by atoms with van der Waals surface area (Å²) in [6, 6.07) is 79.7. The molecule has 0 amide bonds. The van der Waals surface area contributed by atoms with Crippen LogP contribution in [0.1, 0.15) is 34.4 Å². The number of nitrogens with zero attached hydrogens (tertiary/aromatic N) is 5. The Balaban J connectivity index is 0.925. The molecule has 12 rings (SSSR count). The summed E-state index contributed by atoms with van der Waals surface area (Å²) in [6.45, 7) is 4.36. The van der Waals surface area contributed by atoms with Crippen molar-refractivity contribution in [1.29, 1.82) is 0 Å². The first-order chi connectivity index (χ1) is 34.2. The van der Waals surface area contributed by atoms with Crippen molar-refractivity contribution in [2.45, 2.75) is 19.4 Å². The van der Waals surface area contributed by atoms with Crippen LogP contribution < -0.4 is 0 Å². The summed E-state index contributed by atoms with van der Waals surface area (Å²) >= 11 is 0. The zero-order valence-corrected chi connectivity index (χ0v) is 38.1. The maximum Gasteiger partial charge on any atom is 0.161 e. The van der Waals surface area contributed by atoms with Crippen LogP contribution in [0.15, 0.2) is 246 Å². The number of para-hydroxylation sites is 2. The number of aromatic nitrogens is 2. The fraction of sp³-hybridized carbons (Fsp3) is 0.0469. The van der Waals surface area contributed by atoms with Crippen LogP contribution >= 0.6 is 0 Å². The standard InChI is InChI=1S/C64H47N5/c1-65-63(48-19-7-3-8-20-48)67-64(66-43-44-31-33-46(34-32-44)45-17-5-2-6-18-45)51-22-15-21-49(41-51)50-37-40-56-55-25-11-13-28-58(55)69(61(56)42-50)53-38-35-47(36-39-53)54-27-16-30-60-62(54)57-26-12-14-29-59(57)68(60)52-23-9-4-10-24-52/h2-13,15-28,30-42H,1,14,29,43H2/b66-64-,67-63-. The fourth-order valence-corrected chi connectivity index (χ4v) is 10.1. The Labute approximate surface area is 402 Å². The topological polar surface area (TPSA) is 46.9 Å². The van der Waals surface area contributed by atoms with E-state index in [-0.39, 0.29) is 0 Å². The van der Waals surface area contributed by atoms with Crippen LogP contribution in [0.5, 0.6) is 0 Å². The molecule has 0 bridgehead atoms. The summed E-state index contributed by atoms with van der Waals surface area (Å²) in [6.07, 6.45) is 6.71. The highest BCUT2D eigenvalue weighted by Crippen LogP contribution is 2.41. The van der Waals surface area contributed by atoms with Gasteiger partial charge in [0, 0.05) is 49.9 Å². The molecule has 0 aliphatic heterocycles. The summed E-state index contributed by atoms with van der Waals surface area (Å²) in [7, 11) is 0. The molecular formula is C64H47N5. The highest BCUT2D eigenvalue weighted by molar-refractivity contribution is 6.13. The van der Waals surface area contributed by atoms with Crippen molar-refractivity contribution in [3.05, 3.63) is 258 Å². The molecule has 1 aliphatic carbocycles. The molecule has 5 nitrogen and oxygen atoms in total. The molecule has 11 aromatic rings. The lowest BCUT2D eigenvalue weighted by molar-refractivity contribution is 0.888. The monoisotopic (exact) mass is 885 g/mol. The van der Waals surface area contributed by atoms with Crippen LogP contribution in [0.3, 0.4) is 0 Å². The minimum atomic E-state index is 0.455.